The summed E-state index contributed by atoms with van der Waals surface area (Å²) in [5.41, 5.74) is 2.44. The van der Waals surface area contributed by atoms with Crippen LogP contribution in [0.2, 0.25) is 0 Å². The molecule has 1 fully saturated rings. The van der Waals surface area contributed by atoms with E-state index in [-0.39, 0.29) is 0 Å². The minimum absolute atomic E-state index is 0.635. The average Bonchev–Trinajstić information content (AvgIpc) is 2.47. The highest BCUT2D eigenvalue weighted by Crippen LogP contribution is 2.26. The molecule has 0 bridgehead atoms. The van der Waals surface area contributed by atoms with Crippen LogP contribution in [0.3, 0.4) is 0 Å². The molecular weight excluding hydrogens is 250 g/mol. The lowest BCUT2D eigenvalue weighted by Gasteiger charge is -2.27. The molecule has 0 saturated heterocycles. The molecule has 0 aliphatic heterocycles. The van der Waals surface area contributed by atoms with Gasteiger partial charge in [0.05, 0.1) is 19.8 Å². The molecule has 1 N–H and O–H groups in total. The molecule has 0 radical (unpaired) electrons. The monoisotopic (exact) mass is 277 g/mol. The second kappa shape index (κ2) is 8.28. The zero-order valence-corrected chi connectivity index (χ0v) is 12.7. The lowest BCUT2D eigenvalue weighted by molar-refractivity contribution is 0.0617. The van der Waals surface area contributed by atoms with E-state index < -0.39 is 0 Å². The Bertz CT molecular complexity index is 386. The van der Waals surface area contributed by atoms with Crippen LogP contribution in [0.25, 0.3) is 0 Å². The van der Waals surface area contributed by atoms with Crippen molar-refractivity contribution in [3.63, 3.8) is 0 Å². The van der Waals surface area contributed by atoms with Gasteiger partial charge < -0.3 is 14.8 Å². The Kier molecular flexibility index (Phi) is 6.34. The Labute approximate surface area is 122 Å². The molecular formula is C17H27NO2. The van der Waals surface area contributed by atoms with Gasteiger partial charge in [-0.25, -0.2) is 0 Å². The van der Waals surface area contributed by atoms with Crippen LogP contribution in [0.5, 0.6) is 0 Å². The van der Waals surface area contributed by atoms with Gasteiger partial charge in [-0.2, -0.15) is 0 Å². The third-order valence-corrected chi connectivity index (χ3v) is 4.01. The molecule has 2 rings (SSSR count). The first-order chi connectivity index (χ1) is 9.78. The summed E-state index contributed by atoms with van der Waals surface area (Å²) in [5.74, 6) is 0.897. The molecule has 0 unspecified atom stereocenters. The van der Waals surface area contributed by atoms with Crippen LogP contribution in [-0.2, 0) is 16.1 Å². The molecule has 1 aromatic rings. The van der Waals surface area contributed by atoms with Crippen molar-refractivity contribution < 1.29 is 9.47 Å². The fourth-order valence-corrected chi connectivity index (χ4v) is 2.72. The predicted octanol–water partition coefficient (Wildman–Crippen LogP) is 3.84. The molecule has 0 aromatic heterocycles. The molecule has 3 heteroatoms. The quantitative estimate of drug-likeness (QED) is 0.768. The molecule has 1 saturated carbocycles. The van der Waals surface area contributed by atoms with Crippen molar-refractivity contribution in [1.82, 2.24) is 0 Å². The first-order valence-electron chi connectivity index (χ1n) is 7.70. The highest BCUT2D eigenvalue weighted by atomic mass is 16.5. The van der Waals surface area contributed by atoms with Gasteiger partial charge in [-0.05, 0) is 49.3 Å². The summed E-state index contributed by atoms with van der Waals surface area (Å²) in [7, 11) is 1.69. The summed E-state index contributed by atoms with van der Waals surface area (Å²) in [5, 5.41) is 3.66. The fourth-order valence-electron chi connectivity index (χ4n) is 2.72. The molecule has 1 aliphatic carbocycles. The topological polar surface area (TPSA) is 30.5 Å². The van der Waals surface area contributed by atoms with Gasteiger partial charge in [0.1, 0.15) is 0 Å². The van der Waals surface area contributed by atoms with Gasteiger partial charge in [0.2, 0.25) is 0 Å². The second-order valence-electron chi connectivity index (χ2n) is 5.85. The Hall–Kier alpha value is -1.06. The van der Waals surface area contributed by atoms with Crippen molar-refractivity contribution in [2.75, 3.05) is 25.6 Å². The Morgan fingerprint density at radius 3 is 2.70 bits per heavy atom. The van der Waals surface area contributed by atoms with E-state index in [1.54, 1.807) is 7.11 Å². The van der Waals surface area contributed by atoms with Gasteiger partial charge in [-0.3, -0.25) is 0 Å². The highest BCUT2D eigenvalue weighted by Gasteiger charge is 2.17. The van der Waals surface area contributed by atoms with Crippen LogP contribution in [-0.4, -0.2) is 26.4 Å². The first-order valence-corrected chi connectivity index (χ1v) is 7.70. The number of anilines is 1. The van der Waals surface area contributed by atoms with Gasteiger partial charge >= 0.3 is 0 Å². The number of hydrogen-bond donors (Lipinski definition) is 1. The van der Waals surface area contributed by atoms with Gasteiger partial charge in [-0.1, -0.05) is 19.1 Å². The van der Waals surface area contributed by atoms with Gasteiger partial charge in [-0.15, -0.1) is 0 Å². The van der Waals surface area contributed by atoms with E-state index in [0.29, 0.717) is 25.9 Å². The van der Waals surface area contributed by atoms with Gasteiger partial charge in [0.15, 0.2) is 0 Å². The summed E-state index contributed by atoms with van der Waals surface area (Å²) in [6.07, 6.45) is 5.26. The van der Waals surface area contributed by atoms with E-state index >= 15 is 0 Å². The Balaban J connectivity index is 1.79. The van der Waals surface area contributed by atoms with E-state index in [0.717, 1.165) is 5.92 Å². The fraction of sp³-hybridized carbons (Fsp3) is 0.647. The smallest absolute Gasteiger partial charge is 0.0718 e. The average molecular weight is 277 g/mol. The van der Waals surface area contributed by atoms with Crippen LogP contribution in [0.4, 0.5) is 5.69 Å². The van der Waals surface area contributed by atoms with Crippen molar-refractivity contribution in [3.05, 3.63) is 29.8 Å². The standard InChI is InChI=1S/C17H27NO2/c1-14-6-8-16(9-7-14)18-17-5-3-4-15(12-17)13-20-11-10-19-2/h3-5,12,14,16,18H,6-11,13H2,1-2H3. The van der Waals surface area contributed by atoms with Gasteiger partial charge in [0, 0.05) is 18.8 Å². The molecule has 1 aromatic carbocycles. The van der Waals surface area contributed by atoms with E-state index in [1.165, 1.54) is 36.9 Å². The Morgan fingerprint density at radius 1 is 1.15 bits per heavy atom. The number of ether oxygens (including phenoxy) is 2. The van der Waals surface area contributed by atoms with E-state index in [9.17, 15) is 0 Å². The summed E-state index contributed by atoms with van der Waals surface area (Å²) < 4.78 is 10.5. The molecule has 0 heterocycles. The maximum atomic E-state index is 5.57. The maximum absolute atomic E-state index is 5.57. The Morgan fingerprint density at radius 2 is 1.95 bits per heavy atom. The van der Waals surface area contributed by atoms with Crippen molar-refractivity contribution in [2.24, 2.45) is 5.92 Å². The summed E-state index contributed by atoms with van der Waals surface area (Å²) >= 11 is 0. The molecule has 0 spiro atoms. The first kappa shape index (κ1) is 15.3. The van der Waals surface area contributed by atoms with Crippen LogP contribution >= 0.6 is 0 Å². The normalized spacial score (nSPS) is 22.7. The lowest BCUT2D eigenvalue weighted by Crippen LogP contribution is -2.25. The number of nitrogens with one attached hydrogen (secondary N) is 1. The van der Waals surface area contributed by atoms with Crippen molar-refractivity contribution in [3.8, 4) is 0 Å². The van der Waals surface area contributed by atoms with Gasteiger partial charge in [0.25, 0.3) is 0 Å². The van der Waals surface area contributed by atoms with E-state index in [1.807, 2.05) is 0 Å². The lowest BCUT2D eigenvalue weighted by atomic mass is 9.87. The van der Waals surface area contributed by atoms with Crippen molar-refractivity contribution in [2.45, 2.75) is 45.3 Å². The van der Waals surface area contributed by atoms with E-state index in [4.69, 9.17) is 9.47 Å². The number of benzene rings is 1. The maximum Gasteiger partial charge on any atom is 0.0718 e. The minimum atomic E-state index is 0.635. The SMILES string of the molecule is COCCOCc1cccc(NC2CCC(C)CC2)c1. The largest absolute Gasteiger partial charge is 0.382 e. The molecule has 112 valence electrons. The molecule has 0 amide bonds. The zero-order valence-electron chi connectivity index (χ0n) is 12.7. The summed E-state index contributed by atoms with van der Waals surface area (Å²) in [4.78, 5) is 0. The van der Waals surface area contributed by atoms with E-state index in [2.05, 4.69) is 36.5 Å². The summed E-state index contributed by atoms with van der Waals surface area (Å²) in [6.45, 7) is 4.31. The minimum Gasteiger partial charge on any atom is -0.382 e. The number of methoxy groups -OCH3 is 1. The molecule has 20 heavy (non-hydrogen) atoms. The molecule has 1 aliphatic rings. The third kappa shape index (κ3) is 5.14. The highest BCUT2D eigenvalue weighted by molar-refractivity contribution is 5.46. The molecule has 3 nitrogen and oxygen atoms in total. The predicted molar refractivity (Wildman–Crippen MR) is 83.0 cm³/mol. The third-order valence-electron chi connectivity index (χ3n) is 4.01. The van der Waals surface area contributed by atoms with Crippen LogP contribution in [0, 0.1) is 5.92 Å². The second-order valence-corrected chi connectivity index (χ2v) is 5.85. The van der Waals surface area contributed by atoms with Crippen LogP contribution < -0.4 is 5.32 Å². The summed E-state index contributed by atoms with van der Waals surface area (Å²) in [6, 6.07) is 9.20. The zero-order chi connectivity index (χ0) is 14.2. The van der Waals surface area contributed by atoms with Crippen molar-refractivity contribution >= 4 is 5.69 Å². The van der Waals surface area contributed by atoms with Crippen LogP contribution in [0.15, 0.2) is 24.3 Å². The molecule has 0 atom stereocenters. The number of rotatable bonds is 7. The van der Waals surface area contributed by atoms with Crippen molar-refractivity contribution in [1.29, 1.82) is 0 Å². The van der Waals surface area contributed by atoms with Crippen LogP contribution in [0.1, 0.15) is 38.2 Å². The number of hydrogen-bond acceptors (Lipinski definition) is 3.